The van der Waals surface area contributed by atoms with Crippen molar-refractivity contribution < 1.29 is 9.59 Å². The van der Waals surface area contributed by atoms with Crippen molar-refractivity contribution in [3.63, 3.8) is 0 Å². The summed E-state index contributed by atoms with van der Waals surface area (Å²) in [4.78, 5) is 31.7. The minimum absolute atomic E-state index is 0.116. The van der Waals surface area contributed by atoms with Crippen molar-refractivity contribution in [1.82, 2.24) is 9.97 Å². The van der Waals surface area contributed by atoms with Gasteiger partial charge < -0.3 is 11.1 Å². The van der Waals surface area contributed by atoms with Gasteiger partial charge in [-0.1, -0.05) is 42.5 Å². The molecule has 124 valence electrons. The van der Waals surface area contributed by atoms with Gasteiger partial charge in [0, 0.05) is 30.1 Å². The molecule has 3 N–H and O–H groups in total. The Balaban J connectivity index is 1.63. The Kier molecular flexibility index (Phi) is 4.80. The monoisotopic (exact) mass is 332 g/mol. The molecule has 2 aromatic carbocycles. The molecule has 3 rings (SSSR count). The average Bonchev–Trinajstić information content (AvgIpc) is 2.67. The van der Waals surface area contributed by atoms with Crippen LogP contribution in [-0.2, 0) is 6.54 Å². The lowest BCUT2D eigenvalue weighted by Crippen LogP contribution is -2.11. The number of nitrogens with two attached hydrogens (primary N) is 1. The van der Waals surface area contributed by atoms with E-state index in [0.29, 0.717) is 29.2 Å². The van der Waals surface area contributed by atoms with Crippen LogP contribution >= 0.6 is 0 Å². The number of aromatic nitrogens is 2. The first-order valence-corrected chi connectivity index (χ1v) is 7.68. The number of rotatable bonds is 6. The molecule has 0 aliphatic rings. The number of benzene rings is 2. The molecule has 6 heteroatoms. The SMILES string of the molecule is NC(=O)c1ccc(CNc2ncc(C(=O)c3ccccc3)cn2)cc1. The van der Waals surface area contributed by atoms with Crippen molar-refractivity contribution in [2.45, 2.75) is 6.54 Å². The van der Waals surface area contributed by atoms with Crippen molar-refractivity contribution in [2.75, 3.05) is 5.32 Å². The number of primary amides is 1. The van der Waals surface area contributed by atoms with Crippen LogP contribution in [0.2, 0.25) is 0 Å². The van der Waals surface area contributed by atoms with Crippen LogP contribution < -0.4 is 11.1 Å². The largest absolute Gasteiger partial charge is 0.366 e. The lowest BCUT2D eigenvalue weighted by atomic mass is 10.1. The van der Waals surface area contributed by atoms with Crippen LogP contribution in [-0.4, -0.2) is 21.7 Å². The minimum Gasteiger partial charge on any atom is -0.366 e. The number of ketones is 1. The molecule has 1 amide bonds. The number of nitrogens with one attached hydrogen (secondary N) is 1. The Hall–Kier alpha value is -3.54. The lowest BCUT2D eigenvalue weighted by Gasteiger charge is -2.06. The Bertz CT molecular complexity index is 876. The summed E-state index contributed by atoms with van der Waals surface area (Å²) >= 11 is 0. The molecule has 0 aliphatic heterocycles. The zero-order valence-electron chi connectivity index (χ0n) is 13.3. The molecule has 0 bridgehead atoms. The molecular formula is C19H16N4O2. The fourth-order valence-corrected chi connectivity index (χ4v) is 2.26. The quantitative estimate of drug-likeness (QED) is 0.676. The maximum atomic E-state index is 12.3. The number of carbonyl (C=O) groups excluding carboxylic acids is 2. The molecule has 25 heavy (non-hydrogen) atoms. The van der Waals surface area contributed by atoms with Crippen LogP contribution in [0.5, 0.6) is 0 Å². The fraction of sp³-hybridized carbons (Fsp3) is 0.0526. The predicted molar refractivity (Wildman–Crippen MR) is 94.2 cm³/mol. The average molecular weight is 332 g/mol. The van der Waals surface area contributed by atoms with Gasteiger partial charge in [-0.15, -0.1) is 0 Å². The Morgan fingerprint density at radius 1 is 0.840 bits per heavy atom. The summed E-state index contributed by atoms with van der Waals surface area (Å²) in [5.41, 5.74) is 7.66. The van der Waals surface area contributed by atoms with Gasteiger partial charge in [0.1, 0.15) is 0 Å². The summed E-state index contributed by atoms with van der Waals surface area (Å²) in [6, 6.07) is 15.9. The maximum Gasteiger partial charge on any atom is 0.248 e. The first-order chi connectivity index (χ1) is 12.1. The van der Waals surface area contributed by atoms with E-state index < -0.39 is 5.91 Å². The van der Waals surface area contributed by atoms with Crippen molar-refractivity contribution in [3.05, 3.63) is 89.2 Å². The lowest BCUT2D eigenvalue weighted by molar-refractivity contribution is 0.0998. The normalized spacial score (nSPS) is 10.2. The smallest absolute Gasteiger partial charge is 0.248 e. The molecule has 6 nitrogen and oxygen atoms in total. The zero-order chi connectivity index (χ0) is 17.6. The second-order valence-electron chi connectivity index (χ2n) is 5.41. The summed E-state index contributed by atoms with van der Waals surface area (Å²) in [6.45, 7) is 0.491. The van der Waals surface area contributed by atoms with Crippen molar-refractivity contribution in [2.24, 2.45) is 5.73 Å². The number of hydrogen-bond donors (Lipinski definition) is 2. The number of anilines is 1. The van der Waals surface area contributed by atoms with E-state index in [2.05, 4.69) is 15.3 Å². The van der Waals surface area contributed by atoms with Gasteiger partial charge in [0.25, 0.3) is 0 Å². The number of nitrogens with zero attached hydrogens (tertiary/aromatic N) is 2. The molecule has 0 spiro atoms. The van der Waals surface area contributed by atoms with Gasteiger partial charge in [0.15, 0.2) is 5.78 Å². The summed E-state index contributed by atoms with van der Waals surface area (Å²) in [6.07, 6.45) is 3.00. The first-order valence-electron chi connectivity index (χ1n) is 7.68. The van der Waals surface area contributed by atoms with Gasteiger partial charge in [-0.3, -0.25) is 9.59 Å². The van der Waals surface area contributed by atoms with Crippen molar-refractivity contribution in [1.29, 1.82) is 0 Å². The number of carbonyl (C=O) groups is 2. The van der Waals surface area contributed by atoms with Crippen LogP contribution in [0, 0.1) is 0 Å². The molecule has 1 aromatic heterocycles. The maximum absolute atomic E-state index is 12.3. The summed E-state index contributed by atoms with van der Waals surface area (Å²) in [5, 5.41) is 3.07. The third-order valence-corrected chi connectivity index (χ3v) is 3.64. The molecule has 0 atom stereocenters. The minimum atomic E-state index is -0.457. The van der Waals surface area contributed by atoms with Crippen LogP contribution in [0.4, 0.5) is 5.95 Å². The van der Waals surface area contributed by atoms with E-state index in [1.807, 2.05) is 18.2 Å². The van der Waals surface area contributed by atoms with Crippen molar-refractivity contribution in [3.8, 4) is 0 Å². The summed E-state index contributed by atoms with van der Waals surface area (Å²) < 4.78 is 0. The fourth-order valence-electron chi connectivity index (χ4n) is 2.26. The van der Waals surface area contributed by atoms with Crippen molar-refractivity contribution >= 4 is 17.6 Å². The summed E-state index contributed by atoms with van der Waals surface area (Å²) in [7, 11) is 0. The highest BCUT2D eigenvalue weighted by Gasteiger charge is 2.09. The van der Waals surface area contributed by atoms with Crippen LogP contribution in [0.25, 0.3) is 0 Å². The Morgan fingerprint density at radius 2 is 1.48 bits per heavy atom. The first kappa shape index (κ1) is 16.3. The molecular weight excluding hydrogens is 316 g/mol. The van der Waals surface area contributed by atoms with Gasteiger partial charge >= 0.3 is 0 Å². The molecule has 3 aromatic rings. The van der Waals surface area contributed by atoms with E-state index in [1.54, 1.807) is 36.4 Å². The van der Waals surface area contributed by atoms with E-state index in [4.69, 9.17) is 5.73 Å². The second-order valence-corrected chi connectivity index (χ2v) is 5.41. The number of hydrogen-bond acceptors (Lipinski definition) is 5. The molecule has 0 saturated carbocycles. The summed E-state index contributed by atoms with van der Waals surface area (Å²) in [5.74, 6) is -0.153. The Labute approximate surface area is 144 Å². The molecule has 1 heterocycles. The molecule has 0 fully saturated rings. The molecule has 0 unspecified atom stereocenters. The topological polar surface area (TPSA) is 98.0 Å². The van der Waals surface area contributed by atoms with Crippen LogP contribution in [0.3, 0.4) is 0 Å². The van der Waals surface area contributed by atoms with E-state index in [1.165, 1.54) is 12.4 Å². The second kappa shape index (κ2) is 7.35. The van der Waals surface area contributed by atoms with Crippen LogP contribution in [0.15, 0.2) is 67.0 Å². The molecule has 0 radical (unpaired) electrons. The standard InChI is InChI=1S/C19H16N4O2/c20-18(25)15-8-6-13(7-9-15)10-21-19-22-11-16(12-23-19)17(24)14-4-2-1-3-5-14/h1-9,11-12H,10H2,(H2,20,25)(H,21,22,23). The van der Waals surface area contributed by atoms with E-state index in [-0.39, 0.29) is 5.78 Å². The highest BCUT2D eigenvalue weighted by atomic mass is 16.1. The van der Waals surface area contributed by atoms with Gasteiger partial charge in [-0.2, -0.15) is 0 Å². The van der Waals surface area contributed by atoms with E-state index >= 15 is 0 Å². The Morgan fingerprint density at radius 3 is 2.08 bits per heavy atom. The zero-order valence-corrected chi connectivity index (χ0v) is 13.3. The third-order valence-electron chi connectivity index (χ3n) is 3.64. The van der Waals surface area contributed by atoms with Gasteiger partial charge in [0.05, 0.1) is 5.56 Å². The number of amides is 1. The van der Waals surface area contributed by atoms with Gasteiger partial charge in [-0.25, -0.2) is 9.97 Å². The van der Waals surface area contributed by atoms with Gasteiger partial charge in [0.2, 0.25) is 11.9 Å². The van der Waals surface area contributed by atoms with E-state index in [9.17, 15) is 9.59 Å². The molecule has 0 saturated heterocycles. The van der Waals surface area contributed by atoms with E-state index in [0.717, 1.165) is 5.56 Å². The van der Waals surface area contributed by atoms with Gasteiger partial charge in [-0.05, 0) is 17.7 Å². The third kappa shape index (κ3) is 4.06. The predicted octanol–water partition coefficient (Wildman–Crippen LogP) is 2.42. The van der Waals surface area contributed by atoms with Crippen LogP contribution in [0.1, 0.15) is 31.8 Å². The highest BCUT2D eigenvalue weighted by Crippen LogP contribution is 2.10. The highest BCUT2D eigenvalue weighted by molar-refractivity contribution is 6.08. The molecule has 0 aliphatic carbocycles.